The second kappa shape index (κ2) is 7.41. The number of carbonyl (C=O) groups excluding carboxylic acids is 2. The molecule has 1 aromatic heterocycles. The molecule has 3 fully saturated rings. The third kappa shape index (κ3) is 3.51. The molecule has 160 valence electrons. The van der Waals surface area contributed by atoms with Crippen molar-refractivity contribution in [1.82, 2.24) is 14.8 Å². The number of hydrogen-bond donors (Lipinski definition) is 1. The number of sulfone groups is 1. The third-order valence-corrected chi connectivity index (χ3v) is 8.60. The van der Waals surface area contributed by atoms with Crippen LogP contribution in [-0.2, 0) is 19.4 Å². The van der Waals surface area contributed by atoms with Gasteiger partial charge in [-0.05, 0) is 43.2 Å². The Kier molecular flexibility index (Phi) is 4.84. The summed E-state index contributed by atoms with van der Waals surface area (Å²) >= 11 is 0. The lowest BCUT2D eigenvalue weighted by Gasteiger charge is -2.37. The number of aromatic nitrogens is 1. The smallest absolute Gasteiger partial charge is 0.228 e. The Hall–Kier alpha value is -2.35. The SMILES string of the molecule is O=C1CC(C(=O)N2CCCCC2c2cc3ccccc3[nH]2)CN1C1CCS(=O)(=O)C1. The minimum atomic E-state index is -3.07. The van der Waals surface area contributed by atoms with Crippen LogP contribution in [0.25, 0.3) is 10.9 Å². The molecule has 4 heterocycles. The molecule has 0 spiro atoms. The van der Waals surface area contributed by atoms with Gasteiger partial charge in [-0.1, -0.05) is 18.2 Å². The first-order valence-electron chi connectivity index (χ1n) is 10.8. The maximum atomic E-state index is 13.4. The molecule has 30 heavy (non-hydrogen) atoms. The van der Waals surface area contributed by atoms with Gasteiger partial charge in [0.15, 0.2) is 9.84 Å². The number of nitrogens with zero attached hydrogens (tertiary/aromatic N) is 2. The number of para-hydroxylation sites is 1. The summed E-state index contributed by atoms with van der Waals surface area (Å²) in [4.78, 5) is 33.1. The summed E-state index contributed by atoms with van der Waals surface area (Å²) in [6.45, 7) is 1.04. The zero-order valence-electron chi connectivity index (χ0n) is 16.9. The summed E-state index contributed by atoms with van der Waals surface area (Å²) in [6, 6.07) is 9.95. The highest BCUT2D eigenvalue weighted by atomic mass is 32.2. The number of fused-ring (bicyclic) bond motifs is 1. The minimum absolute atomic E-state index is 0.00494. The fourth-order valence-corrected chi connectivity index (χ4v) is 7.03. The molecular weight excluding hydrogens is 402 g/mol. The molecule has 2 aromatic rings. The summed E-state index contributed by atoms with van der Waals surface area (Å²) in [7, 11) is -3.07. The Bertz CT molecular complexity index is 1060. The summed E-state index contributed by atoms with van der Waals surface area (Å²) in [5.41, 5.74) is 2.11. The molecule has 0 radical (unpaired) electrons. The Morgan fingerprint density at radius 2 is 1.97 bits per heavy atom. The number of carbonyl (C=O) groups is 2. The summed E-state index contributed by atoms with van der Waals surface area (Å²) in [6.07, 6.45) is 3.61. The van der Waals surface area contributed by atoms with Gasteiger partial charge < -0.3 is 14.8 Å². The monoisotopic (exact) mass is 429 g/mol. The maximum absolute atomic E-state index is 13.4. The number of H-pyrrole nitrogens is 1. The van der Waals surface area contributed by atoms with Crippen LogP contribution in [0.3, 0.4) is 0 Å². The third-order valence-electron chi connectivity index (χ3n) is 6.85. The molecule has 0 saturated carbocycles. The Balaban J connectivity index is 1.34. The molecule has 3 aliphatic rings. The summed E-state index contributed by atoms with van der Waals surface area (Å²) < 4.78 is 23.6. The van der Waals surface area contributed by atoms with Gasteiger partial charge in [-0.15, -0.1) is 0 Å². The second-order valence-corrected chi connectivity index (χ2v) is 11.1. The molecule has 0 aliphatic carbocycles. The van der Waals surface area contributed by atoms with E-state index in [1.54, 1.807) is 4.90 Å². The zero-order chi connectivity index (χ0) is 20.9. The van der Waals surface area contributed by atoms with Crippen molar-refractivity contribution >= 4 is 32.6 Å². The summed E-state index contributed by atoms with van der Waals surface area (Å²) in [5.74, 6) is -0.286. The van der Waals surface area contributed by atoms with Crippen LogP contribution in [0, 0.1) is 5.92 Å². The van der Waals surface area contributed by atoms with Crippen LogP contribution in [-0.4, -0.2) is 65.7 Å². The van der Waals surface area contributed by atoms with E-state index >= 15 is 0 Å². The molecule has 2 amide bonds. The van der Waals surface area contributed by atoms with E-state index in [4.69, 9.17) is 0 Å². The predicted octanol–water partition coefficient (Wildman–Crippen LogP) is 2.26. The lowest BCUT2D eigenvalue weighted by molar-refractivity contribution is -0.139. The molecule has 3 atom stereocenters. The molecule has 3 unspecified atom stereocenters. The summed E-state index contributed by atoms with van der Waals surface area (Å²) in [5, 5.41) is 1.13. The maximum Gasteiger partial charge on any atom is 0.228 e. The van der Waals surface area contributed by atoms with Crippen LogP contribution in [0.5, 0.6) is 0 Å². The van der Waals surface area contributed by atoms with Crippen molar-refractivity contribution in [2.24, 2.45) is 5.92 Å². The topological polar surface area (TPSA) is 90.6 Å². The van der Waals surface area contributed by atoms with Crippen LogP contribution in [0.15, 0.2) is 30.3 Å². The van der Waals surface area contributed by atoms with Crippen LogP contribution < -0.4 is 0 Å². The van der Waals surface area contributed by atoms with Crippen molar-refractivity contribution in [3.8, 4) is 0 Å². The lowest BCUT2D eigenvalue weighted by atomic mass is 9.96. The van der Waals surface area contributed by atoms with Gasteiger partial charge in [-0.3, -0.25) is 9.59 Å². The fraction of sp³-hybridized carbons (Fsp3) is 0.545. The normalized spacial score (nSPS) is 29.1. The Labute approximate surface area is 176 Å². The standard InChI is InChI=1S/C22H27N3O4S/c26-21-12-16(13-25(21)17-8-10-30(28,29)14-17)22(27)24-9-4-3-7-20(24)19-11-15-5-1-2-6-18(15)23-19/h1-2,5-6,11,16-17,20,23H,3-4,7-10,12-14H2. The molecule has 8 heteroatoms. The highest BCUT2D eigenvalue weighted by molar-refractivity contribution is 7.91. The highest BCUT2D eigenvalue weighted by Gasteiger charge is 2.44. The largest absolute Gasteiger partial charge is 0.357 e. The van der Waals surface area contributed by atoms with Gasteiger partial charge in [0.1, 0.15) is 0 Å². The Morgan fingerprint density at radius 3 is 2.73 bits per heavy atom. The second-order valence-electron chi connectivity index (χ2n) is 8.86. The first kappa shape index (κ1) is 19.6. The van der Waals surface area contributed by atoms with E-state index in [9.17, 15) is 18.0 Å². The van der Waals surface area contributed by atoms with E-state index in [0.29, 0.717) is 19.5 Å². The van der Waals surface area contributed by atoms with E-state index < -0.39 is 9.84 Å². The molecule has 3 saturated heterocycles. The predicted molar refractivity (Wildman–Crippen MR) is 113 cm³/mol. The number of rotatable bonds is 3. The van der Waals surface area contributed by atoms with Crippen LogP contribution >= 0.6 is 0 Å². The molecular formula is C22H27N3O4S. The van der Waals surface area contributed by atoms with Crippen molar-refractivity contribution in [2.75, 3.05) is 24.6 Å². The molecule has 3 aliphatic heterocycles. The number of amides is 2. The number of nitrogens with one attached hydrogen (secondary N) is 1. The van der Waals surface area contributed by atoms with Gasteiger partial charge in [0.05, 0.1) is 23.5 Å². The van der Waals surface area contributed by atoms with Crippen LogP contribution in [0.4, 0.5) is 0 Å². The number of piperidine rings is 1. The zero-order valence-corrected chi connectivity index (χ0v) is 17.7. The first-order chi connectivity index (χ1) is 14.4. The van der Waals surface area contributed by atoms with Crippen molar-refractivity contribution in [2.45, 2.75) is 44.2 Å². The molecule has 1 N–H and O–H groups in total. The first-order valence-corrected chi connectivity index (χ1v) is 12.6. The molecule has 1 aromatic carbocycles. The molecule has 0 bridgehead atoms. The number of aromatic amines is 1. The average molecular weight is 430 g/mol. The van der Waals surface area contributed by atoms with Crippen LogP contribution in [0.2, 0.25) is 0 Å². The van der Waals surface area contributed by atoms with Crippen molar-refractivity contribution in [3.63, 3.8) is 0 Å². The average Bonchev–Trinajstić information content (AvgIpc) is 3.43. The van der Waals surface area contributed by atoms with Gasteiger partial charge in [0, 0.05) is 36.8 Å². The van der Waals surface area contributed by atoms with Gasteiger partial charge in [-0.2, -0.15) is 0 Å². The van der Waals surface area contributed by atoms with E-state index in [1.807, 2.05) is 23.1 Å². The Morgan fingerprint density at radius 1 is 1.13 bits per heavy atom. The van der Waals surface area contributed by atoms with E-state index in [-0.39, 0.29) is 47.7 Å². The number of hydrogen-bond acceptors (Lipinski definition) is 4. The minimum Gasteiger partial charge on any atom is -0.357 e. The van der Waals surface area contributed by atoms with Gasteiger partial charge in [0.2, 0.25) is 11.8 Å². The van der Waals surface area contributed by atoms with Crippen molar-refractivity contribution in [1.29, 1.82) is 0 Å². The van der Waals surface area contributed by atoms with E-state index in [1.165, 1.54) is 0 Å². The lowest BCUT2D eigenvalue weighted by Crippen LogP contribution is -2.43. The van der Waals surface area contributed by atoms with Crippen molar-refractivity contribution < 1.29 is 18.0 Å². The van der Waals surface area contributed by atoms with Gasteiger partial charge in [-0.25, -0.2) is 8.42 Å². The molecule has 5 rings (SSSR count). The van der Waals surface area contributed by atoms with Crippen molar-refractivity contribution in [3.05, 3.63) is 36.0 Å². The number of likely N-dealkylation sites (tertiary alicyclic amines) is 2. The fourth-order valence-electron chi connectivity index (χ4n) is 5.30. The molecule has 7 nitrogen and oxygen atoms in total. The van der Waals surface area contributed by atoms with Crippen LogP contribution in [0.1, 0.15) is 43.8 Å². The quantitative estimate of drug-likeness (QED) is 0.810. The number of benzene rings is 1. The highest BCUT2D eigenvalue weighted by Crippen LogP contribution is 2.35. The van der Waals surface area contributed by atoms with E-state index in [2.05, 4.69) is 17.1 Å². The van der Waals surface area contributed by atoms with E-state index in [0.717, 1.165) is 35.9 Å². The van der Waals surface area contributed by atoms with Gasteiger partial charge in [0.25, 0.3) is 0 Å². The van der Waals surface area contributed by atoms with Gasteiger partial charge >= 0.3 is 0 Å².